The molecule has 0 aliphatic heterocycles. The number of rotatable bonds is 5. The number of benzene rings is 3. The number of carbonyl (C=O) groups is 1. The van der Waals surface area contributed by atoms with E-state index < -0.39 is 0 Å². The van der Waals surface area contributed by atoms with Crippen molar-refractivity contribution in [2.24, 2.45) is 0 Å². The van der Waals surface area contributed by atoms with Gasteiger partial charge in [0.05, 0.1) is 6.42 Å². The van der Waals surface area contributed by atoms with Crippen LogP contribution in [0.15, 0.2) is 83.3 Å². The minimum absolute atomic E-state index is 0.0965. The highest BCUT2D eigenvalue weighted by molar-refractivity contribution is 6.03. The van der Waals surface area contributed by atoms with E-state index in [9.17, 15) is 4.79 Å². The summed E-state index contributed by atoms with van der Waals surface area (Å²) >= 11 is 0. The van der Waals surface area contributed by atoms with Crippen molar-refractivity contribution in [1.82, 2.24) is 10.2 Å². The van der Waals surface area contributed by atoms with Crippen LogP contribution in [-0.2, 0) is 6.42 Å². The van der Waals surface area contributed by atoms with Crippen molar-refractivity contribution in [3.63, 3.8) is 0 Å². The number of carbonyl (C=O) groups excluding carboxylic acids is 1. The Labute approximate surface area is 163 Å². The van der Waals surface area contributed by atoms with Crippen LogP contribution in [-0.4, -0.2) is 16.1 Å². The number of aromatic nitrogens is 2. The monoisotopic (exact) mass is 369 g/mol. The SMILES string of the molecule is Cc1ccc(Cc2nnc(NC(=O)c3ccc(-c4ccccc4)cc3)o2)cc1. The molecule has 5 nitrogen and oxygen atoms in total. The van der Waals surface area contributed by atoms with Gasteiger partial charge in [-0.3, -0.25) is 10.1 Å². The van der Waals surface area contributed by atoms with Gasteiger partial charge in [0, 0.05) is 5.56 Å². The Kier molecular flexibility index (Phi) is 4.97. The summed E-state index contributed by atoms with van der Waals surface area (Å²) < 4.78 is 5.55. The zero-order chi connectivity index (χ0) is 19.3. The average Bonchev–Trinajstić information content (AvgIpc) is 3.17. The van der Waals surface area contributed by atoms with Crippen molar-refractivity contribution in [1.29, 1.82) is 0 Å². The smallest absolute Gasteiger partial charge is 0.322 e. The van der Waals surface area contributed by atoms with Crippen LogP contribution in [0.2, 0.25) is 0 Å². The molecule has 1 N–H and O–H groups in total. The molecule has 28 heavy (non-hydrogen) atoms. The van der Waals surface area contributed by atoms with Crippen molar-refractivity contribution in [2.45, 2.75) is 13.3 Å². The molecule has 1 heterocycles. The van der Waals surface area contributed by atoms with Gasteiger partial charge in [-0.05, 0) is 35.7 Å². The molecule has 0 saturated carbocycles. The van der Waals surface area contributed by atoms with Crippen LogP contribution in [0.1, 0.15) is 27.4 Å². The summed E-state index contributed by atoms with van der Waals surface area (Å²) in [5.41, 5.74) is 4.95. The Balaban J connectivity index is 1.41. The van der Waals surface area contributed by atoms with E-state index in [0.29, 0.717) is 17.9 Å². The molecule has 0 radical (unpaired) electrons. The van der Waals surface area contributed by atoms with Crippen molar-refractivity contribution in [3.05, 3.63) is 101 Å². The normalized spacial score (nSPS) is 10.6. The van der Waals surface area contributed by atoms with Crippen LogP contribution in [0.3, 0.4) is 0 Å². The van der Waals surface area contributed by atoms with E-state index in [2.05, 4.69) is 15.5 Å². The summed E-state index contributed by atoms with van der Waals surface area (Å²) in [7, 11) is 0. The molecule has 0 fully saturated rings. The Hall–Kier alpha value is -3.73. The number of hydrogen-bond donors (Lipinski definition) is 1. The van der Waals surface area contributed by atoms with E-state index in [0.717, 1.165) is 16.7 Å². The minimum Gasteiger partial charge on any atom is -0.407 e. The van der Waals surface area contributed by atoms with E-state index in [1.165, 1.54) is 5.56 Å². The van der Waals surface area contributed by atoms with Crippen molar-refractivity contribution < 1.29 is 9.21 Å². The van der Waals surface area contributed by atoms with Gasteiger partial charge in [-0.1, -0.05) is 77.4 Å². The molecule has 0 aliphatic carbocycles. The molecule has 4 rings (SSSR count). The van der Waals surface area contributed by atoms with Gasteiger partial charge in [-0.25, -0.2) is 0 Å². The molecule has 3 aromatic carbocycles. The average molecular weight is 369 g/mol. The highest BCUT2D eigenvalue weighted by Gasteiger charge is 2.12. The second-order valence-corrected chi connectivity index (χ2v) is 6.56. The third-order valence-electron chi connectivity index (χ3n) is 4.42. The summed E-state index contributed by atoms with van der Waals surface area (Å²) in [4.78, 5) is 12.4. The highest BCUT2D eigenvalue weighted by Crippen LogP contribution is 2.20. The van der Waals surface area contributed by atoms with Gasteiger partial charge in [-0.15, -0.1) is 5.10 Å². The summed E-state index contributed by atoms with van der Waals surface area (Å²) in [6, 6.07) is 25.6. The zero-order valence-corrected chi connectivity index (χ0v) is 15.4. The lowest BCUT2D eigenvalue weighted by molar-refractivity contribution is 0.102. The van der Waals surface area contributed by atoms with Gasteiger partial charge in [0.2, 0.25) is 5.89 Å². The molecule has 5 heteroatoms. The Bertz CT molecular complexity index is 1070. The van der Waals surface area contributed by atoms with E-state index >= 15 is 0 Å². The molecular weight excluding hydrogens is 350 g/mol. The fraction of sp³-hybridized carbons (Fsp3) is 0.0870. The van der Waals surface area contributed by atoms with E-state index in [1.54, 1.807) is 12.1 Å². The molecular formula is C23H19N3O2. The first-order valence-corrected chi connectivity index (χ1v) is 9.02. The van der Waals surface area contributed by atoms with Gasteiger partial charge >= 0.3 is 6.01 Å². The summed E-state index contributed by atoms with van der Waals surface area (Å²) in [6.45, 7) is 2.04. The fourth-order valence-electron chi connectivity index (χ4n) is 2.87. The van der Waals surface area contributed by atoms with Crippen LogP contribution in [0, 0.1) is 6.92 Å². The molecule has 0 bridgehead atoms. The number of nitrogens with zero attached hydrogens (tertiary/aromatic N) is 2. The predicted molar refractivity (Wildman–Crippen MR) is 108 cm³/mol. The predicted octanol–water partition coefficient (Wildman–Crippen LogP) is 4.89. The van der Waals surface area contributed by atoms with Crippen LogP contribution in [0.5, 0.6) is 0 Å². The largest absolute Gasteiger partial charge is 0.407 e. The summed E-state index contributed by atoms with van der Waals surface area (Å²) in [5.74, 6) is 0.170. The molecule has 4 aromatic rings. The number of amides is 1. The van der Waals surface area contributed by atoms with Crippen LogP contribution < -0.4 is 5.32 Å². The van der Waals surface area contributed by atoms with Gasteiger partial charge < -0.3 is 4.42 Å². The van der Waals surface area contributed by atoms with Crippen molar-refractivity contribution >= 4 is 11.9 Å². The second-order valence-electron chi connectivity index (χ2n) is 6.56. The first-order valence-electron chi connectivity index (χ1n) is 9.02. The fourth-order valence-corrected chi connectivity index (χ4v) is 2.87. The molecule has 0 aliphatic rings. The van der Waals surface area contributed by atoms with Crippen LogP contribution in [0.25, 0.3) is 11.1 Å². The lowest BCUT2D eigenvalue weighted by Gasteiger charge is -2.04. The van der Waals surface area contributed by atoms with E-state index in [4.69, 9.17) is 4.42 Å². The quantitative estimate of drug-likeness (QED) is 0.544. The lowest BCUT2D eigenvalue weighted by Crippen LogP contribution is -2.11. The molecule has 1 amide bonds. The second kappa shape index (κ2) is 7.88. The summed E-state index contributed by atoms with van der Waals surface area (Å²) in [5, 5.41) is 10.6. The van der Waals surface area contributed by atoms with Gasteiger partial charge in [0.25, 0.3) is 5.91 Å². The van der Waals surface area contributed by atoms with Crippen molar-refractivity contribution in [3.8, 4) is 11.1 Å². The third kappa shape index (κ3) is 4.15. The summed E-state index contributed by atoms with van der Waals surface area (Å²) in [6.07, 6.45) is 0.523. The third-order valence-corrected chi connectivity index (χ3v) is 4.42. The van der Waals surface area contributed by atoms with Gasteiger partial charge in [0.15, 0.2) is 0 Å². The van der Waals surface area contributed by atoms with Gasteiger partial charge in [-0.2, -0.15) is 0 Å². The molecule has 0 unspecified atom stereocenters. The maximum Gasteiger partial charge on any atom is 0.322 e. The first-order chi connectivity index (χ1) is 13.7. The molecule has 0 atom stereocenters. The molecule has 138 valence electrons. The van der Waals surface area contributed by atoms with Crippen LogP contribution >= 0.6 is 0 Å². The lowest BCUT2D eigenvalue weighted by atomic mass is 10.0. The minimum atomic E-state index is -0.287. The molecule has 1 aromatic heterocycles. The topological polar surface area (TPSA) is 68.0 Å². The highest BCUT2D eigenvalue weighted by atomic mass is 16.4. The maximum atomic E-state index is 12.4. The molecule has 0 saturated heterocycles. The van der Waals surface area contributed by atoms with Crippen LogP contribution in [0.4, 0.5) is 6.01 Å². The standard InChI is InChI=1S/C23H19N3O2/c1-16-7-9-17(10-8-16)15-21-25-26-23(28-21)24-22(27)20-13-11-19(12-14-20)18-5-3-2-4-6-18/h2-14H,15H2,1H3,(H,24,26,27). The Morgan fingerprint density at radius 2 is 1.54 bits per heavy atom. The number of aryl methyl sites for hydroxylation is 1. The van der Waals surface area contributed by atoms with Crippen molar-refractivity contribution in [2.75, 3.05) is 5.32 Å². The van der Waals surface area contributed by atoms with E-state index in [1.807, 2.05) is 73.7 Å². The Morgan fingerprint density at radius 3 is 2.25 bits per heavy atom. The maximum absolute atomic E-state index is 12.4. The number of nitrogens with one attached hydrogen (secondary N) is 1. The zero-order valence-electron chi connectivity index (χ0n) is 15.4. The first kappa shape index (κ1) is 17.7. The van der Waals surface area contributed by atoms with Gasteiger partial charge in [0.1, 0.15) is 0 Å². The Morgan fingerprint density at radius 1 is 0.857 bits per heavy atom. The number of anilines is 1. The number of hydrogen-bond acceptors (Lipinski definition) is 4. The van der Waals surface area contributed by atoms with E-state index in [-0.39, 0.29) is 11.9 Å². The molecule has 0 spiro atoms.